The molecule has 0 aliphatic carbocycles. The molecule has 24 heavy (non-hydrogen) atoms. The highest BCUT2D eigenvalue weighted by molar-refractivity contribution is 7.89. The molecule has 0 unspecified atom stereocenters. The van der Waals surface area contributed by atoms with Crippen LogP contribution < -0.4 is 5.32 Å². The zero-order valence-corrected chi connectivity index (χ0v) is 14.3. The van der Waals surface area contributed by atoms with E-state index in [9.17, 15) is 13.2 Å². The molecule has 1 aliphatic heterocycles. The molecule has 1 aromatic heterocycles. The summed E-state index contributed by atoms with van der Waals surface area (Å²) >= 11 is 5.81. The van der Waals surface area contributed by atoms with Crippen molar-refractivity contribution in [1.82, 2.24) is 9.29 Å². The van der Waals surface area contributed by atoms with E-state index in [4.69, 9.17) is 11.6 Å². The van der Waals surface area contributed by atoms with Gasteiger partial charge >= 0.3 is 0 Å². The number of pyridine rings is 1. The average molecular weight is 366 g/mol. The molecule has 1 saturated heterocycles. The Kier molecular flexibility index (Phi) is 4.84. The standard InChI is InChI=1S/C16H16ClN3O3S/c17-12-6-8-13(9-7-12)24(22,23)20-11-3-4-14(20)16(21)19-15-5-1-2-10-18-15/h1-2,5-10,14H,3-4,11H2,(H,18,19,21)/t14-/m0/s1. The highest BCUT2D eigenvalue weighted by Crippen LogP contribution is 2.27. The second-order valence-electron chi connectivity index (χ2n) is 5.43. The number of amides is 1. The predicted molar refractivity (Wildman–Crippen MR) is 91.2 cm³/mol. The SMILES string of the molecule is O=C(Nc1ccccn1)[C@@H]1CCCN1S(=O)(=O)c1ccc(Cl)cc1. The Morgan fingerprint density at radius 1 is 1.21 bits per heavy atom. The fourth-order valence-electron chi connectivity index (χ4n) is 2.68. The number of hydrogen-bond acceptors (Lipinski definition) is 4. The van der Waals surface area contributed by atoms with Crippen molar-refractivity contribution < 1.29 is 13.2 Å². The van der Waals surface area contributed by atoms with Crippen LogP contribution in [0, 0.1) is 0 Å². The topological polar surface area (TPSA) is 79.4 Å². The minimum Gasteiger partial charge on any atom is -0.309 e. The second-order valence-corrected chi connectivity index (χ2v) is 7.76. The lowest BCUT2D eigenvalue weighted by atomic mass is 10.2. The van der Waals surface area contributed by atoms with Crippen LogP contribution in [-0.4, -0.2) is 36.2 Å². The van der Waals surface area contributed by atoms with Crippen LogP contribution in [0.15, 0.2) is 53.6 Å². The zero-order chi connectivity index (χ0) is 17.2. The first-order chi connectivity index (χ1) is 11.5. The van der Waals surface area contributed by atoms with Gasteiger partial charge in [0, 0.05) is 17.8 Å². The minimum atomic E-state index is -3.75. The minimum absolute atomic E-state index is 0.129. The van der Waals surface area contributed by atoms with Gasteiger partial charge in [0.15, 0.2) is 0 Å². The van der Waals surface area contributed by atoms with E-state index in [-0.39, 0.29) is 10.8 Å². The van der Waals surface area contributed by atoms with Crippen LogP contribution >= 0.6 is 11.6 Å². The Morgan fingerprint density at radius 2 is 1.96 bits per heavy atom. The predicted octanol–water partition coefficient (Wildman–Crippen LogP) is 2.53. The number of nitrogens with zero attached hydrogens (tertiary/aromatic N) is 2. The van der Waals surface area contributed by atoms with Crippen LogP contribution in [0.2, 0.25) is 5.02 Å². The first-order valence-corrected chi connectivity index (χ1v) is 9.29. The van der Waals surface area contributed by atoms with Crippen LogP contribution in [0.3, 0.4) is 0 Å². The highest BCUT2D eigenvalue weighted by Gasteiger charge is 2.39. The molecule has 1 fully saturated rings. The Morgan fingerprint density at radius 3 is 2.62 bits per heavy atom. The van der Waals surface area contributed by atoms with Gasteiger partial charge in [0.2, 0.25) is 15.9 Å². The van der Waals surface area contributed by atoms with Gasteiger partial charge in [-0.05, 0) is 49.2 Å². The molecular formula is C16H16ClN3O3S. The number of sulfonamides is 1. The summed E-state index contributed by atoms with van der Waals surface area (Å²) < 4.78 is 26.8. The van der Waals surface area contributed by atoms with Crippen molar-refractivity contribution in [3.8, 4) is 0 Å². The number of aromatic nitrogens is 1. The lowest BCUT2D eigenvalue weighted by molar-refractivity contribution is -0.119. The number of nitrogens with one attached hydrogen (secondary N) is 1. The molecule has 1 amide bonds. The van der Waals surface area contributed by atoms with Gasteiger partial charge < -0.3 is 5.32 Å². The van der Waals surface area contributed by atoms with Crippen LogP contribution in [0.25, 0.3) is 0 Å². The van der Waals surface area contributed by atoms with E-state index < -0.39 is 16.1 Å². The van der Waals surface area contributed by atoms with E-state index in [2.05, 4.69) is 10.3 Å². The van der Waals surface area contributed by atoms with E-state index in [1.54, 1.807) is 24.4 Å². The Balaban J connectivity index is 1.82. The van der Waals surface area contributed by atoms with Gasteiger partial charge in [0.1, 0.15) is 11.9 Å². The van der Waals surface area contributed by atoms with E-state index in [1.807, 2.05) is 0 Å². The van der Waals surface area contributed by atoms with Crippen molar-refractivity contribution in [2.75, 3.05) is 11.9 Å². The molecule has 8 heteroatoms. The molecule has 1 atom stereocenters. The third-order valence-corrected chi connectivity index (χ3v) is 6.02. The van der Waals surface area contributed by atoms with Crippen molar-refractivity contribution in [3.63, 3.8) is 0 Å². The molecule has 2 aromatic rings. The van der Waals surface area contributed by atoms with Crippen molar-refractivity contribution >= 4 is 33.3 Å². The van der Waals surface area contributed by atoms with Gasteiger partial charge in [-0.1, -0.05) is 17.7 Å². The maximum atomic E-state index is 12.8. The summed E-state index contributed by atoms with van der Waals surface area (Å²) in [6.45, 7) is 0.311. The lowest BCUT2D eigenvalue weighted by Crippen LogP contribution is -2.43. The van der Waals surface area contributed by atoms with Crippen LogP contribution in [0.1, 0.15) is 12.8 Å². The maximum Gasteiger partial charge on any atom is 0.243 e. The molecule has 0 bridgehead atoms. The molecule has 2 heterocycles. The molecule has 0 radical (unpaired) electrons. The molecular weight excluding hydrogens is 350 g/mol. The zero-order valence-electron chi connectivity index (χ0n) is 12.7. The number of carbonyl (C=O) groups excluding carboxylic acids is 1. The van der Waals surface area contributed by atoms with Crippen LogP contribution in [-0.2, 0) is 14.8 Å². The molecule has 0 spiro atoms. The molecule has 126 valence electrons. The summed E-state index contributed by atoms with van der Waals surface area (Å²) in [6, 6.07) is 10.3. The van der Waals surface area contributed by atoms with Crippen molar-refractivity contribution in [2.45, 2.75) is 23.8 Å². The summed E-state index contributed by atoms with van der Waals surface area (Å²) in [6.07, 6.45) is 2.67. The van der Waals surface area contributed by atoms with Gasteiger partial charge in [-0.15, -0.1) is 0 Å². The quantitative estimate of drug-likeness (QED) is 0.902. The van der Waals surface area contributed by atoms with Crippen molar-refractivity contribution in [1.29, 1.82) is 0 Å². The molecule has 1 N–H and O–H groups in total. The normalized spacial score (nSPS) is 18.5. The number of anilines is 1. The van der Waals surface area contributed by atoms with Gasteiger partial charge in [0.05, 0.1) is 4.90 Å². The van der Waals surface area contributed by atoms with Gasteiger partial charge in [-0.3, -0.25) is 4.79 Å². The van der Waals surface area contributed by atoms with Crippen molar-refractivity contribution in [3.05, 3.63) is 53.7 Å². The lowest BCUT2D eigenvalue weighted by Gasteiger charge is -2.23. The number of hydrogen-bond donors (Lipinski definition) is 1. The van der Waals surface area contributed by atoms with Gasteiger partial charge in [0.25, 0.3) is 0 Å². The number of benzene rings is 1. The summed E-state index contributed by atoms with van der Waals surface area (Å²) in [5, 5.41) is 3.13. The molecule has 1 aromatic carbocycles. The second kappa shape index (κ2) is 6.88. The highest BCUT2D eigenvalue weighted by atomic mass is 35.5. The van der Waals surface area contributed by atoms with Crippen LogP contribution in [0.5, 0.6) is 0 Å². The number of rotatable bonds is 4. The third-order valence-electron chi connectivity index (χ3n) is 3.84. The fourth-order valence-corrected chi connectivity index (χ4v) is 4.46. The first-order valence-electron chi connectivity index (χ1n) is 7.48. The monoisotopic (exact) mass is 365 g/mol. The Bertz CT molecular complexity index is 825. The van der Waals surface area contributed by atoms with E-state index in [0.29, 0.717) is 30.2 Å². The van der Waals surface area contributed by atoms with E-state index in [1.165, 1.54) is 28.6 Å². The number of halogens is 1. The van der Waals surface area contributed by atoms with Gasteiger partial charge in [-0.2, -0.15) is 4.31 Å². The third kappa shape index (κ3) is 3.43. The maximum absolute atomic E-state index is 12.8. The molecule has 1 aliphatic rings. The summed E-state index contributed by atoms with van der Waals surface area (Å²) in [7, 11) is -3.75. The number of carbonyl (C=O) groups is 1. The summed E-state index contributed by atoms with van der Waals surface area (Å²) in [5.74, 6) is 0.0296. The Labute approximate surface area is 145 Å². The molecule has 0 saturated carbocycles. The largest absolute Gasteiger partial charge is 0.309 e. The van der Waals surface area contributed by atoms with E-state index in [0.717, 1.165) is 0 Å². The Hall–Kier alpha value is -1.96. The van der Waals surface area contributed by atoms with E-state index >= 15 is 0 Å². The molecule has 3 rings (SSSR count). The average Bonchev–Trinajstić information content (AvgIpc) is 3.07. The molecule has 6 nitrogen and oxygen atoms in total. The fraction of sp³-hybridized carbons (Fsp3) is 0.250. The van der Waals surface area contributed by atoms with Crippen LogP contribution in [0.4, 0.5) is 5.82 Å². The smallest absolute Gasteiger partial charge is 0.243 e. The van der Waals surface area contributed by atoms with Crippen molar-refractivity contribution in [2.24, 2.45) is 0 Å². The van der Waals surface area contributed by atoms with Gasteiger partial charge in [-0.25, -0.2) is 13.4 Å². The first kappa shape index (κ1) is 16.9. The summed E-state index contributed by atoms with van der Waals surface area (Å²) in [4.78, 5) is 16.6. The summed E-state index contributed by atoms with van der Waals surface area (Å²) in [5.41, 5.74) is 0.